The van der Waals surface area contributed by atoms with Crippen LogP contribution in [0.25, 0.3) is 0 Å². The summed E-state index contributed by atoms with van der Waals surface area (Å²) >= 11 is 0. The minimum Gasteiger partial charge on any atom is -0.293 e. The predicted molar refractivity (Wildman–Crippen MR) is 43.5 cm³/mol. The number of amides is 1. The van der Waals surface area contributed by atoms with E-state index < -0.39 is 0 Å². The standard InChI is InChI=1S/C7H15N3O2/c1-9-3-6(7(11)8-12)4-10(2)5-9/h6,12H,3-5H2,1-2H3,(H,8,11). The molecule has 2 N–H and O–H groups in total. The fourth-order valence-electron chi connectivity index (χ4n) is 1.59. The molecule has 1 saturated heterocycles. The first-order chi connectivity index (χ1) is 5.63. The van der Waals surface area contributed by atoms with Crippen molar-refractivity contribution in [1.29, 1.82) is 0 Å². The summed E-state index contributed by atoms with van der Waals surface area (Å²) in [5, 5.41) is 8.42. The molecule has 0 radical (unpaired) electrons. The van der Waals surface area contributed by atoms with Crippen LogP contribution in [0.5, 0.6) is 0 Å². The van der Waals surface area contributed by atoms with Crippen molar-refractivity contribution in [3.63, 3.8) is 0 Å². The van der Waals surface area contributed by atoms with Gasteiger partial charge in [0, 0.05) is 13.1 Å². The summed E-state index contributed by atoms with van der Waals surface area (Å²) in [5.41, 5.74) is 1.68. The highest BCUT2D eigenvalue weighted by Gasteiger charge is 2.26. The Hall–Kier alpha value is -0.650. The van der Waals surface area contributed by atoms with E-state index in [2.05, 4.69) is 0 Å². The summed E-state index contributed by atoms with van der Waals surface area (Å²) in [5.74, 6) is -0.424. The lowest BCUT2D eigenvalue weighted by atomic mass is 10.1. The summed E-state index contributed by atoms with van der Waals surface area (Å²) in [6.07, 6.45) is 0. The van der Waals surface area contributed by atoms with Gasteiger partial charge < -0.3 is 0 Å². The molecule has 1 aliphatic rings. The Morgan fingerprint density at radius 3 is 2.33 bits per heavy atom. The lowest BCUT2D eigenvalue weighted by molar-refractivity contribution is -0.136. The Labute approximate surface area is 71.9 Å². The Kier molecular flexibility index (Phi) is 3.02. The number of nitrogens with zero attached hydrogens (tertiary/aromatic N) is 2. The van der Waals surface area contributed by atoms with Gasteiger partial charge in [-0.3, -0.25) is 19.8 Å². The summed E-state index contributed by atoms with van der Waals surface area (Å²) < 4.78 is 0. The molecule has 1 fully saturated rings. The number of nitrogens with one attached hydrogen (secondary N) is 1. The van der Waals surface area contributed by atoms with Gasteiger partial charge in [-0.15, -0.1) is 0 Å². The molecule has 0 unspecified atom stereocenters. The van der Waals surface area contributed by atoms with E-state index in [0.717, 1.165) is 6.67 Å². The molecular weight excluding hydrogens is 158 g/mol. The number of hydroxylamine groups is 1. The maximum atomic E-state index is 11.0. The molecule has 0 aromatic rings. The van der Waals surface area contributed by atoms with Crippen LogP contribution in [-0.4, -0.2) is 54.8 Å². The van der Waals surface area contributed by atoms with E-state index in [0.29, 0.717) is 13.1 Å². The van der Waals surface area contributed by atoms with E-state index in [9.17, 15) is 4.79 Å². The maximum absolute atomic E-state index is 11.0. The zero-order valence-corrected chi connectivity index (χ0v) is 7.45. The molecule has 0 spiro atoms. The van der Waals surface area contributed by atoms with Gasteiger partial charge in [0.25, 0.3) is 0 Å². The Morgan fingerprint density at radius 1 is 1.42 bits per heavy atom. The minimum atomic E-state index is -0.298. The van der Waals surface area contributed by atoms with Crippen molar-refractivity contribution in [1.82, 2.24) is 15.3 Å². The molecule has 1 heterocycles. The monoisotopic (exact) mass is 173 g/mol. The molecule has 1 aliphatic heterocycles. The first kappa shape index (κ1) is 9.44. The molecule has 12 heavy (non-hydrogen) atoms. The topological polar surface area (TPSA) is 55.8 Å². The molecule has 5 nitrogen and oxygen atoms in total. The summed E-state index contributed by atoms with van der Waals surface area (Å²) in [6.45, 7) is 2.28. The highest BCUT2D eigenvalue weighted by molar-refractivity contribution is 5.78. The van der Waals surface area contributed by atoms with E-state index in [1.807, 2.05) is 23.9 Å². The van der Waals surface area contributed by atoms with Crippen molar-refractivity contribution >= 4 is 5.91 Å². The van der Waals surface area contributed by atoms with Crippen molar-refractivity contribution in [2.75, 3.05) is 33.9 Å². The largest absolute Gasteiger partial charge is 0.293 e. The molecule has 0 atom stereocenters. The minimum absolute atomic E-state index is 0.126. The Morgan fingerprint density at radius 2 is 1.92 bits per heavy atom. The second-order valence-electron chi connectivity index (χ2n) is 3.39. The first-order valence-corrected chi connectivity index (χ1v) is 3.94. The Balaban J connectivity index is 2.49. The third kappa shape index (κ3) is 2.17. The molecule has 0 aromatic carbocycles. The van der Waals surface area contributed by atoms with Gasteiger partial charge in [-0.2, -0.15) is 0 Å². The molecule has 5 heteroatoms. The van der Waals surface area contributed by atoms with Crippen LogP contribution in [0.2, 0.25) is 0 Å². The lowest BCUT2D eigenvalue weighted by Gasteiger charge is -2.34. The quantitative estimate of drug-likeness (QED) is 0.392. The number of carbonyl (C=O) groups excluding carboxylic acids is 1. The van der Waals surface area contributed by atoms with Gasteiger partial charge in [-0.25, -0.2) is 5.48 Å². The second kappa shape index (κ2) is 3.84. The molecule has 0 saturated carbocycles. The van der Waals surface area contributed by atoms with E-state index in [1.54, 1.807) is 5.48 Å². The SMILES string of the molecule is CN1CC(C(=O)NO)CN(C)C1. The third-order valence-corrected chi connectivity index (χ3v) is 2.03. The van der Waals surface area contributed by atoms with E-state index >= 15 is 0 Å². The molecule has 0 aromatic heterocycles. The number of hydrogen-bond acceptors (Lipinski definition) is 4. The van der Waals surface area contributed by atoms with Crippen LogP contribution in [-0.2, 0) is 4.79 Å². The van der Waals surface area contributed by atoms with Crippen molar-refractivity contribution in [2.24, 2.45) is 5.92 Å². The van der Waals surface area contributed by atoms with Gasteiger partial charge in [-0.1, -0.05) is 0 Å². The molecule has 1 rings (SSSR count). The van der Waals surface area contributed by atoms with Gasteiger partial charge in [0.2, 0.25) is 5.91 Å². The van der Waals surface area contributed by atoms with Crippen molar-refractivity contribution in [3.05, 3.63) is 0 Å². The number of rotatable bonds is 1. The zero-order chi connectivity index (χ0) is 9.14. The molecule has 1 amide bonds. The van der Waals surface area contributed by atoms with Crippen LogP contribution in [0.4, 0.5) is 0 Å². The first-order valence-electron chi connectivity index (χ1n) is 3.94. The number of hydrogen-bond donors (Lipinski definition) is 2. The van der Waals surface area contributed by atoms with Crippen LogP contribution in [0.3, 0.4) is 0 Å². The highest BCUT2D eigenvalue weighted by atomic mass is 16.5. The summed E-state index contributed by atoms with van der Waals surface area (Å²) in [6, 6.07) is 0. The zero-order valence-electron chi connectivity index (χ0n) is 7.45. The van der Waals surface area contributed by atoms with Crippen LogP contribution < -0.4 is 5.48 Å². The van der Waals surface area contributed by atoms with E-state index in [1.165, 1.54) is 0 Å². The maximum Gasteiger partial charge on any atom is 0.249 e. The van der Waals surface area contributed by atoms with Crippen molar-refractivity contribution < 1.29 is 10.0 Å². The van der Waals surface area contributed by atoms with Crippen LogP contribution in [0.1, 0.15) is 0 Å². The predicted octanol–water partition coefficient (Wildman–Crippen LogP) is -1.06. The molecule has 70 valence electrons. The molecular formula is C7H15N3O2. The lowest BCUT2D eigenvalue weighted by Crippen LogP contribution is -2.50. The normalized spacial score (nSPS) is 22.6. The average Bonchev–Trinajstić information content (AvgIpc) is 2.01. The summed E-state index contributed by atoms with van der Waals surface area (Å²) in [7, 11) is 3.90. The number of carbonyl (C=O) groups is 1. The van der Waals surface area contributed by atoms with Gasteiger partial charge in [0.1, 0.15) is 0 Å². The van der Waals surface area contributed by atoms with Gasteiger partial charge in [0.15, 0.2) is 0 Å². The average molecular weight is 173 g/mol. The van der Waals surface area contributed by atoms with Crippen LogP contribution in [0.15, 0.2) is 0 Å². The second-order valence-corrected chi connectivity index (χ2v) is 3.39. The van der Waals surface area contributed by atoms with Crippen LogP contribution >= 0.6 is 0 Å². The third-order valence-electron chi connectivity index (χ3n) is 2.03. The van der Waals surface area contributed by atoms with E-state index in [4.69, 9.17) is 5.21 Å². The molecule has 0 bridgehead atoms. The van der Waals surface area contributed by atoms with E-state index in [-0.39, 0.29) is 11.8 Å². The fourth-order valence-corrected chi connectivity index (χ4v) is 1.59. The fraction of sp³-hybridized carbons (Fsp3) is 0.857. The van der Waals surface area contributed by atoms with Crippen molar-refractivity contribution in [3.8, 4) is 0 Å². The highest BCUT2D eigenvalue weighted by Crippen LogP contribution is 2.08. The van der Waals surface area contributed by atoms with Gasteiger partial charge in [0.05, 0.1) is 12.6 Å². The Bertz CT molecular complexity index is 164. The summed E-state index contributed by atoms with van der Waals surface area (Å²) in [4.78, 5) is 15.1. The van der Waals surface area contributed by atoms with Crippen molar-refractivity contribution in [2.45, 2.75) is 0 Å². The smallest absolute Gasteiger partial charge is 0.249 e. The van der Waals surface area contributed by atoms with Crippen LogP contribution in [0, 0.1) is 5.92 Å². The van der Waals surface area contributed by atoms with Gasteiger partial charge in [-0.05, 0) is 14.1 Å². The molecule has 0 aliphatic carbocycles. The van der Waals surface area contributed by atoms with Gasteiger partial charge >= 0.3 is 0 Å².